The van der Waals surface area contributed by atoms with Gasteiger partial charge >= 0.3 is 11.9 Å². The molecule has 2 heterocycles. The van der Waals surface area contributed by atoms with E-state index in [2.05, 4.69) is 22.2 Å². The fourth-order valence-corrected chi connectivity index (χ4v) is 7.17. The minimum Gasteiger partial charge on any atom is -0.398 e. The van der Waals surface area contributed by atoms with Gasteiger partial charge in [-0.05, 0) is 59.2 Å². The zero-order chi connectivity index (χ0) is 33.9. The highest BCUT2D eigenvalue weighted by atomic mass is 32.2. The van der Waals surface area contributed by atoms with E-state index in [1.165, 1.54) is 18.2 Å². The standard InChI is InChI=1S/C39H32N2O7S/c40-31-11-4-5-12-33(31)49-22-32-34(24-7-2-1-3-8-24)35(25-15-13-23(21-42)14-16-25)47-39(46-32)27-9-6-10-28(19-27)41-36(43)26-17-18-29-30(20-26)38(45)48-37(29)44/h1-20,32,34-35,39,42H,21-22,40H2,(H,41,43)/t32-,34-,35+,39?/m1/s1. The molecule has 1 fully saturated rings. The number of benzene rings is 5. The molecular weight excluding hydrogens is 641 g/mol. The smallest absolute Gasteiger partial charge is 0.346 e. The lowest BCUT2D eigenvalue weighted by Crippen LogP contribution is -2.38. The molecule has 0 saturated carbocycles. The number of nitrogens with one attached hydrogen (secondary N) is 1. The Kier molecular flexibility index (Phi) is 9.28. The van der Waals surface area contributed by atoms with Crippen LogP contribution in [0.5, 0.6) is 0 Å². The molecular formula is C39H32N2O7S. The van der Waals surface area contributed by atoms with Gasteiger partial charge in [0.05, 0.1) is 29.9 Å². The van der Waals surface area contributed by atoms with Crippen LogP contribution in [0.4, 0.5) is 11.4 Å². The first-order chi connectivity index (χ1) is 23.9. The maximum absolute atomic E-state index is 13.2. The number of thioether (sulfide) groups is 1. The van der Waals surface area contributed by atoms with Gasteiger partial charge in [0.2, 0.25) is 0 Å². The number of rotatable bonds is 9. The molecule has 5 aromatic rings. The number of anilines is 2. The summed E-state index contributed by atoms with van der Waals surface area (Å²) in [6.45, 7) is -0.0659. The number of para-hydroxylation sites is 1. The van der Waals surface area contributed by atoms with Crippen molar-refractivity contribution in [2.24, 2.45) is 0 Å². The second-order valence-corrected chi connectivity index (χ2v) is 12.8. The fraction of sp³-hybridized carbons (Fsp3) is 0.154. The van der Waals surface area contributed by atoms with Crippen molar-refractivity contribution < 1.29 is 33.7 Å². The minimum absolute atomic E-state index is 0.0580. The lowest BCUT2D eigenvalue weighted by Gasteiger charge is -2.43. The van der Waals surface area contributed by atoms with E-state index in [-0.39, 0.29) is 35.3 Å². The molecule has 2 aliphatic heterocycles. The van der Waals surface area contributed by atoms with Crippen LogP contribution in [0, 0.1) is 0 Å². The first kappa shape index (κ1) is 32.3. The van der Waals surface area contributed by atoms with E-state index in [1.54, 1.807) is 30.0 Å². The zero-order valence-corrected chi connectivity index (χ0v) is 27.0. The Labute approximate surface area is 287 Å². The van der Waals surface area contributed by atoms with Crippen molar-refractivity contribution in [3.05, 3.63) is 160 Å². The minimum atomic E-state index is -0.793. The summed E-state index contributed by atoms with van der Waals surface area (Å²) in [5, 5.41) is 12.6. The Hall–Kier alpha value is -5.26. The van der Waals surface area contributed by atoms with Gasteiger partial charge in [0.15, 0.2) is 6.29 Å². The number of carbonyl (C=O) groups excluding carboxylic acids is 3. The molecule has 5 aromatic carbocycles. The third-order valence-corrected chi connectivity index (χ3v) is 9.79. The fourth-order valence-electron chi connectivity index (χ4n) is 6.13. The summed E-state index contributed by atoms with van der Waals surface area (Å²) in [5.74, 6) is -1.57. The Morgan fingerprint density at radius 3 is 2.27 bits per heavy atom. The van der Waals surface area contributed by atoms with Crippen LogP contribution < -0.4 is 11.1 Å². The van der Waals surface area contributed by atoms with Gasteiger partial charge in [-0.15, -0.1) is 11.8 Å². The number of esters is 2. The molecule has 4 atom stereocenters. The summed E-state index contributed by atoms with van der Waals surface area (Å²) in [6.07, 6.45) is -1.53. The van der Waals surface area contributed by atoms with Crippen molar-refractivity contribution in [3.8, 4) is 0 Å². The topological polar surface area (TPSA) is 137 Å². The molecule has 10 heteroatoms. The predicted molar refractivity (Wildman–Crippen MR) is 185 cm³/mol. The summed E-state index contributed by atoms with van der Waals surface area (Å²) in [7, 11) is 0. The van der Waals surface area contributed by atoms with Gasteiger partial charge in [-0.3, -0.25) is 4.79 Å². The average molecular weight is 673 g/mol. The molecule has 9 nitrogen and oxygen atoms in total. The molecule has 0 aliphatic carbocycles. The molecule has 246 valence electrons. The van der Waals surface area contributed by atoms with Crippen molar-refractivity contribution >= 4 is 41.0 Å². The molecule has 0 bridgehead atoms. The van der Waals surface area contributed by atoms with E-state index in [9.17, 15) is 19.5 Å². The van der Waals surface area contributed by atoms with Crippen LogP contribution in [0.3, 0.4) is 0 Å². The summed E-state index contributed by atoms with van der Waals surface area (Å²) in [4.78, 5) is 38.1. The highest BCUT2D eigenvalue weighted by Gasteiger charge is 2.42. The molecule has 0 spiro atoms. The Morgan fingerprint density at radius 2 is 1.49 bits per heavy atom. The Morgan fingerprint density at radius 1 is 0.755 bits per heavy atom. The second kappa shape index (κ2) is 14.1. The van der Waals surface area contributed by atoms with Crippen LogP contribution in [-0.4, -0.2) is 34.8 Å². The van der Waals surface area contributed by atoms with Crippen LogP contribution in [0.2, 0.25) is 0 Å². The quantitative estimate of drug-likeness (QED) is 0.0651. The Balaban J connectivity index is 1.20. The van der Waals surface area contributed by atoms with Gasteiger partial charge in [-0.25, -0.2) is 9.59 Å². The lowest BCUT2D eigenvalue weighted by atomic mass is 9.84. The van der Waals surface area contributed by atoms with E-state index in [1.807, 2.05) is 72.8 Å². The molecule has 49 heavy (non-hydrogen) atoms. The first-order valence-corrected chi connectivity index (χ1v) is 16.7. The number of amides is 1. The third-order valence-electron chi connectivity index (χ3n) is 8.62. The van der Waals surface area contributed by atoms with Gasteiger partial charge in [-0.1, -0.05) is 78.9 Å². The number of aliphatic hydroxyl groups excluding tert-OH is 1. The van der Waals surface area contributed by atoms with Crippen molar-refractivity contribution in [1.29, 1.82) is 0 Å². The van der Waals surface area contributed by atoms with Crippen molar-refractivity contribution in [3.63, 3.8) is 0 Å². The molecule has 2 aliphatic rings. The zero-order valence-electron chi connectivity index (χ0n) is 26.2. The molecule has 1 amide bonds. The van der Waals surface area contributed by atoms with Crippen LogP contribution in [-0.2, 0) is 20.8 Å². The number of fused-ring (bicyclic) bond motifs is 1. The molecule has 0 radical (unpaired) electrons. The Bertz CT molecular complexity index is 2020. The summed E-state index contributed by atoms with van der Waals surface area (Å²) >= 11 is 1.62. The second-order valence-electron chi connectivity index (χ2n) is 11.8. The predicted octanol–water partition coefficient (Wildman–Crippen LogP) is 7.06. The van der Waals surface area contributed by atoms with E-state index in [4.69, 9.17) is 15.2 Å². The van der Waals surface area contributed by atoms with Gasteiger partial charge in [0, 0.05) is 39.1 Å². The number of ether oxygens (including phenoxy) is 3. The highest BCUT2D eigenvalue weighted by Crippen LogP contribution is 2.48. The number of hydrogen-bond acceptors (Lipinski definition) is 9. The van der Waals surface area contributed by atoms with Gasteiger partial charge in [0.1, 0.15) is 0 Å². The maximum atomic E-state index is 13.2. The summed E-state index contributed by atoms with van der Waals surface area (Å²) < 4.78 is 18.3. The molecule has 7 rings (SSSR count). The number of hydrogen-bond donors (Lipinski definition) is 3. The number of nitrogens with two attached hydrogens (primary N) is 1. The van der Waals surface area contributed by atoms with Gasteiger partial charge < -0.3 is 30.4 Å². The molecule has 1 unspecified atom stereocenters. The first-order valence-electron chi connectivity index (χ1n) is 15.7. The SMILES string of the molecule is Nc1ccccc1SC[C@H]1OC(c2cccc(NC(=O)c3ccc4c(c3)C(=O)OC4=O)c2)O[C@@H](c2ccc(CO)cc2)[C@@H]1c1ccccc1. The van der Waals surface area contributed by atoms with Crippen LogP contribution >= 0.6 is 11.8 Å². The lowest BCUT2D eigenvalue weighted by molar-refractivity contribution is -0.255. The molecule has 1 saturated heterocycles. The van der Waals surface area contributed by atoms with E-state index >= 15 is 0 Å². The van der Waals surface area contributed by atoms with E-state index < -0.39 is 30.2 Å². The summed E-state index contributed by atoms with van der Waals surface area (Å²) in [5.41, 5.74) is 11.4. The number of nitrogen functional groups attached to an aromatic ring is 1. The summed E-state index contributed by atoms with van der Waals surface area (Å²) in [6, 6.07) is 37.1. The van der Waals surface area contributed by atoms with Gasteiger partial charge in [0.25, 0.3) is 5.91 Å². The number of aliphatic hydroxyl groups is 1. The average Bonchev–Trinajstić information content (AvgIpc) is 3.43. The highest BCUT2D eigenvalue weighted by molar-refractivity contribution is 7.99. The van der Waals surface area contributed by atoms with Crippen molar-refractivity contribution in [1.82, 2.24) is 0 Å². The monoisotopic (exact) mass is 672 g/mol. The van der Waals surface area contributed by atoms with Crippen LogP contribution in [0.25, 0.3) is 0 Å². The van der Waals surface area contributed by atoms with Crippen molar-refractivity contribution in [2.45, 2.75) is 35.9 Å². The normalized spacial score (nSPS) is 20.0. The molecule has 4 N–H and O–H groups in total. The largest absolute Gasteiger partial charge is 0.398 e. The molecule has 0 aromatic heterocycles. The van der Waals surface area contributed by atoms with Gasteiger partial charge in [-0.2, -0.15) is 0 Å². The van der Waals surface area contributed by atoms with E-state index in [0.717, 1.165) is 21.6 Å². The van der Waals surface area contributed by atoms with E-state index in [0.29, 0.717) is 22.7 Å². The number of cyclic esters (lactones) is 2. The van der Waals surface area contributed by atoms with Crippen molar-refractivity contribution in [2.75, 3.05) is 16.8 Å². The maximum Gasteiger partial charge on any atom is 0.346 e. The van der Waals surface area contributed by atoms with Crippen LogP contribution in [0.15, 0.2) is 126 Å². The van der Waals surface area contributed by atoms with Crippen LogP contribution in [0.1, 0.15) is 71.6 Å². The third kappa shape index (κ3) is 6.85. The number of carbonyl (C=O) groups is 3.